The molecule has 3 nitrogen and oxygen atoms in total. The molecule has 1 saturated heterocycles. The summed E-state index contributed by atoms with van der Waals surface area (Å²) in [6, 6.07) is 5.02. The Kier molecular flexibility index (Phi) is 4.32. The molecule has 6 heteroatoms. The van der Waals surface area contributed by atoms with Gasteiger partial charge in [0, 0.05) is 0 Å². The first kappa shape index (κ1) is 14.8. The Morgan fingerprint density at radius 1 is 1.35 bits per heavy atom. The van der Waals surface area contributed by atoms with E-state index >= 15 is 0 Å². The van der Waals surface area contributed by atoms with Crippen molar-refractivity contribution in [3.63, 3.8) is 0 Å². The van der Waals surface area contributed by atoms with Crippen molar-refractivity contribution in [2.75, 3.05) is 13.7 Å². The number of alkyl halides is 3. The van der Waals surface area contributed by atoms with Crippen LogP contribution in [0, 0.1) is 0 Å². The zero-order valence-corrected chi connectivity index (χ0v) is 11.0. The van der Waals surface area contributed by atoms with E-state index in [2.05, 4.69) is 10.1 Å². The molecule has 0 aliphatic carbocycles. The first-order chi connectivity index (χ1) is 9.43. The van der Waals surface area contributed by atoms with Crippen LogP contribution in [0.1, 0.15) is 29.9 Å². The summed E-state index contributed by atoms with van der Waals surface area (Å²) >= 11 is 0. The van der Waals surface area contributed by atoms with Crippen molar-refractivity contribution in [2.24, 2.45) is 0 Å². The number of rotatable bonds is 2. The summed E-state index contributed by atoms with van der Waals surface area (Å²) in [5.41, 5.74) is -0.356. The second-order valence-corrected chi connectivity index (χ2v) is 4.84. The van der Waals surface area contributed by atoms with E-state index in [1.54, 1.807) is 6.07 Å². The molecule has 1 N–H and O–H groups in total. The third kappa shape index (κ3) is 3.12. The summed E-state index contributed by atoms with van der Waals surface area (Å²) in [5, 5.41) is 2.97. The van der Waals surface area contributed by atoms with Crippen LogP contribution in [-0.2, 0) is 15.7 Å². The molecule has 20 heavy (non-hydrogen) atoms. The molecule has 0 spiro atoms. The lowest BCUT2D eigenvalue weighted by Crippen LogP contribution is -2.43. The fraction of sp³-hybridized carbons (Fsp3) is 0.500. The minimum absolute atomic E-state index is 0.260. The fourth-order valence-electron chi connectivity index (χ4n) is 2.63. The monoisotopic (exact) mass is 287 g/mol. The highest BCUT2D eigenvalue weighted by Crippen LogP contribution is 2.38. The number of halogens is 3. The van der Waals surface area contributed by atoms with Crippen LogP contribution in [0.25, 0.3) is 0 Å². The quantitative estimate of drug-likeness (QED) is 0.850. The van der Waals surface area contributed by atoms with Crippen molar-refractivity contribution >= 4 is 5.97 Å². The van der Waals surface area contributed by atoms with Crippen LogP contribution in [0.5, 0.6) is 0 Å². The van der Waals surface area contributed by atoms with E-state index < -0.39 is 23.8 Å². The predicted molar refractivity (Wildman–Crippen MR) is 67.2 cm³/mol. The van der Waals surface area contributed by atoms with Crippen LogP contribution < -0.4 is 5.32 Å². The van der Waals surface area contributed by atoms with Crippen molar-refractivity contribution in [3.8, 4) is 0 Å². The Hall–Kier alpha value is -1.56. The standard InChI is InChI=1S/C14H16F3NO2/c1-20-13(19)12-8-9(6-7-18-12)10-4-2-3-5-11(10)14(15,16)17/h2-5,9,12,18H,6-8H2,1H3/t9-,12-/m1/s1. The Labute approximate surface area is 115 Å². The van der Waals surface area contributed by atoms with Crippen LogP contribution in [0.4, 0.5) is 13.2 Å². The SMILES string of the molecule is COC(=O)[C@H]1C[C@H](c2ccccc2C(F)(F)F)CCN1. The average molecular weight is 287 g/mol. The summed E-state index contributed by atoms with van der Waals surface area (Å²) in [6.07, 6.45) is -3.48. The molecule has 0 bridgehead atoms. The third-order valence-corrected chi connectivity index (χ3v) is 3.60. The molecule has 1 heterocycles. The Bertz CT molecular complexity index is 488. The van der Waals surface area contributed by atoms with Gasteiger partial charge in [-0.05, 0) is 36.9 Å². The maximum atomic E-state index is 13.0. The van der Waals surface area contributed by atoms with Gasteiger partial charge >= 0.3 is 12.1 Å². The average Bonchev–Trinajstić information content (AvgIpc) is 2.45. The number of piperidine rings is 1. The van der Waals surface area contributed by atoms with E-state index in [4.69, 9.17) is 0 Å². The summed E-state index contributed by atoms with van der Waals surface area (Å²) in [5.74, 6) is -0.725. The van der Waals surface area contributed by atoms with Gasteiger partial charge in [0.25, 0.3) is 0 Å². The Balaban J connectivity index is 2.26. The zero-order valence-electron chi connectivity index (χ0n) is 11.0. The van der Waals surface area contributed by atoms with Gasteiger partial charge < -0.3 is 10.1 Å². The van der Waals surface area contributed by atoms with Gasteiger partial charge in [0.2, 0.25) is 0 Å². The molecule has 2 rings (SSSR count). The lowest BCUT2D eigenvalue weighted by molar-refractivity contribution is -0.143. The van der Waals surface area contributed by atoms with Crippen LogP contribution >= 0.6 is 0 Å². The van der Waals surface area contributed by atoms with Gasteiger partial charge in [0.1, 0.15) is 6.04 Å². The van der Waals surface area contributed by atoms with Gasteiger partial charge in [-0.15, -0.1) is 0 Å². The number of methoxy groups -OCH3 is 1. The number of ether oxygens (including phenoxy) is 1. The van der Waals surface area contributed by atoms with Crippen molar-refractivity contribution < 1.29 is 22.7 Å². The summed E-state index contributed by atoms with van der Waals surface area (Å²) in [4.78, 5) is 11.5. The van der Waals surface area contributed by atoms with Gasteiger partial charge in [-0.2, -0.15) is 13.2 Å². The van der Waals surface area contributed by atoms with E-state index in [0.717, 1.165) is 6.07 Å². The molecular formula is C14H16F3NO2. The smallest absolute Gasteiger partial charge is 0.416 e. The summed E-state index contributed by atoms with van der Waals surface area (Å²) < 4.78 is 43.7. The topological polar surface area (TPSA) is 38.3 Å². The molecule has 1 aliphatic rings. The largest absolute Gasteiger partial charge is 0.468 e. The van der Waals surface area contributed by atoms with Crippen LogP contribution in [0.3, 0.4) is 0 Å². The molecular weight excluding hydrogens is 271 g/mol. The van der Waals surface area contributed by atoms with E-state index in [9.17, 15) is 18.0 Å². The lowest BCUT2D eigenvalue weighted by atomic mass is 9.84. The molecule has 0 aromatic heterocycles. The molecule has 0 unspecified atom stereocenters. The van der Waals surface area contributed by atoms with Crippen molar-refractivity contribution in [1.29, 1.82) is 0 Å². The van der Waals surface area contributed by atoms with E-state index in [-0.39, 0.29) is 11.5 Å². The number of hydrogen-bond acceptors (Lipinski definition) is 3. The van der Waals surface area contributed by atoms with E-state index in [0.29, 0.717) is 19.4 Å². The maximum Gasteiger partial charge on any atom is 0.416 e. The highest BCUT2D eigenvalue weighted by atomic mass is 19.4. The highest BCUT2D eigenvalue weighted by molar-refractivity contribution is 5.75. The summed E-state index contributed by atoms with van der Waals surface area (Å²) in [7, 11) is 1.28. The molecule has 0 radical (unpaired) electrons. The molecule has 0 saturated carbocycles. The van der Waals surface area contributed by atoms with Gasteiger partial charge in [0.05, 0.1) is 12.7 Å². The number of esters is 1. The predicted octanol–water partition coefficient (Wildman–Crippen LogP) is 2.71. The van der Waals surface area contributed by atoms with Crippen molar-refractivity contribution in [1.82, 2.24) is 5.32 Å². The van der Waals surface area contributed by atoms with Crippen LogP contribution in [-0.4, -0.2) is 25.7 Å². The van der Waals surface area contributed by atoms with Crippen LogP contribution in [0.2, 0.25) is 0 Å². The first-order valence-corrected chi connectivity index (χ1v) is 6.41. The fourth-order valence-corrected chi connectivity index (χ4v) is 2.63. The number of benzene rings is 1. The van der Waals surface area contributed by atoms with E-state index in [1.165, 1.54) is 19.2 Å². The van der Waals surface area contributed by atoms with Gasteiger partial charge in [-0.1, -0.05) is 18.2 Å². The second kappa shape index (κ2) is 5.83. The van der Waals surface area contributed by atoms with Gasteiger partial charge in [0.15, 0.2) is 0 Å². The molecule has 1 aromatic rings. The number of hydrogen-bond donors (Lipinski definition) is 1. The summed E-state index contributed by atoms with van der Waals surface area (Å²) in [6.45, 7) is 0.497. The minimum atomic E-state index is -4.37. The number of carbonyl (C=O) groups excluding carboxylic acids is 1. The van der Waals surface area contributed by atoms with Crippen molar-refractivity contribution in [3.05, 3.63) is 35.4 Å². The lowest BCUT2D eigenvalue weighted by Gasteiger charge is -2.30. The molecule has 1 aromatic carbocycles. The first-order valence-electron chi connectivity index (χ1n) is 6.41. The molecule has 110 valence electrons. The molecule has 1 fully saturated rings. The van der Waals surface area contributed by atoms with Gasteiger partial charge in [-0.3, -0.25) is 4.79 Å². The van der Waals surface area contributed by atoms with Crippen LogP contribution in [0.15, 0.2) is 24.3 Å². The van der Waals surface area contributed by atoms with Gasteiger partial charge in [-0.25, -0.2) is 0 Å². The normalized spacial score (nSPS) is 23.4. The molecule has 2 atom stereocenters. The maximum absolute atomic E-state index is 13.0. The molecule has 1 aliphatic heterocycles. The Morgan fingerprint density at radius 2 is 2.05 bits per heavy atom. The second-order valence-electron chi connectivity index (χ2n) is 4.84. The van der Waals surface area contributed by atoms with E-state index in [1.807, 2.05) is 0 Å². The third-order valence-electron chi connectivity index (χ3n) is 3.60. The number of carbonyl (C=O) groups is 1. The minimum Gasteiger partial charge on any atom is -0.468 e. The van der Waals surface area contributed by atoms with Crippen molar-refractivity contribution in [2.45, 2.75) is 31.0 Å². The number of nitrogens with one attached hydrogen (secondary N) is 1. The highest BCUT2D eigenvalue weighted by Gasteiger charge is 2.37. The Morgan fingerprint density at radius 3 is 2.70 bits per heavy atom. The molecule has 0 amide bonds. The zero-order chi connectivity index (χ0) is 14.8.